The molecule has 4 rings (SSSR count). The van der Waals surface area contributed by atoms with E-state index in [1.165, 1.54) is 23.9 Å². The van der Waals surface area contributed by atoms with Crippen molar-refractivity contribution in [1.29, 1.82) is 0 Å². The number of anilines is 1. The average molecular weight is 466 g/mol. The number of ether oxygens (including phenoxy) is 1. The third kappa shape index (κ3) is 5.78. The van der Waals surface area contributed by atoms with Crippen molar-refractivity contribution in [2.24, 2.45) is 0 Å². The third-order valence-electron chi connectivity index (χ3n) is 4.79. The number of carbonyl (C=O) groups excluding carboxylic acids is 1. The molecule has 3 aromatic carbocycles. The highest BCUT2D eigenvalue weighted by atomic mass is 32.2. The normalized spacial score (nSPS) is 10.9. The molecule has 0 aliphatic rings. The van der Waals surface area contributed by atoms with Crippen LogP contribution >= 0.6 is 11.8 Å². The van der Waals surface area contributed by atoms with Crippen molar-refractivity contribution in [3.63, 3.8) is 0 Å². The lowest BCUT2D eigenvalue weighted by Gasteiger charge is -2.13. The fraction of sp³-hybridized carbons (Fsp3) is 0.120. The van der Waals surface area contributed by atoms with Crippen LogP contribution in [0.1, 0.15) is 5.56 Å². The van der Waals surface area contributed by atoms with Crippen molar-refractivity contribution in [3.05, 3.63) is 90.6 Å². The minimum atomic E-state index is -2.89. The van der Waals surface area contributed by atoms with Gasteiger partial charge in [-0.15, -0.1) is 0 Å². The fourth-order valence-electron chi connectivity index (χ4n) is 3.24. The Balaban J connectivity index is 1.58. The van der Waals surface area contributed by atoms with Gasteiger partial charge in [0, 0.05) is 16.9 Å². The van der Waals surface area contributed by atoms with Crippen molar-refractivity contribution >= 4 is 23.4 Å². The summed E-state index contributed by atoms with van der Waals surface area (Å²) in [6.45, 7) is -0.903. The van der Waals surface area contributed by atoms with Gasteiger partial charge in [0.05, 0.1) is 17.6 Å². The van der Waals surface area contributed by atoms with Crippen LogP contribution in [0, 0.1) is 6.92 Å². The van der Waals surface area contributed by atoms with E-state index in [0.29, 0.717) is 5.16 Å². The van der Waals surface area contributed by atoms with Crippen LogP contribution < -0.4 is 10.1 Å². The first kappa shape index (κ1) is 22.5. The zero-order valence-corrected chi connectivity index (χ0v) is 18.6. The van der Waals surface area contributed by atoms with Crippen molar-refractivity contribution in [1.82, 2.24) is 9.55 Å². The van der Waals surface area contributed by atoms with E-state index in [4.69, 9.17) is 0 Å². The van der Waals surface area contributed by atoms with E-state index in [9.17, 15) is 13.6 Å². The number of alkyl halides is 2. The molecule has 1 N–H and O–H groups in total. The second kappa shape index (κ2) is 10.3. The number of carbonyl (C=O) groups is 1. The van der Waals surface area contributed by atoms with Crippen molar-refractivity contribution in [2.45, 2.75) is 18.7 Å². The highest BCUT2D eigenvalue weighted by molar-refractivity contribution is 7.99. The van der Waals surface area contributed by atoms with Gasteiger partial charge < -0.3 is 10.1 Å². The fourth-order valence-corrected chi connectivity index (χ4v) is 4.03. The monoisotopic (exact) mass is 465 g/mol. The van der Waals surface area contributed by atoms with Crippen molar-refractivity contribution in [2.75, 3.05) is 11.1 Å². The minimum Gasteiger partial charge on any atom is -0.435 e. The molecule has 33 heavy (non-hydrogen) atoms. The van der Waals surface area contributed by atoms with Gasteiger partial charge in [-0.3, -0.25) is 9.36 Å². The molecule has 0 fully saturated rings. The van der Waals surface area contributed by atoms with E-state index < -0.39 is 6.61 Å². The maximum atomic E-state index is 12.5. The van der Waals surface area contributed by atoms with Crippen molar-refractivity contribution < 1.29 is 18.3 Å². The van der Waals surface area contributed by atoms with Crippen molar-refractivity contribution in [3.8, 4) is 22.7 Å². The number of rotatable bonds is 8. The Morgan fingerprint density at radius 3 is 2.39 bits per heavy atom. The van der Waals surface area contributed by atoms with Crippen LogP contribution in [0.2, 0.25) is 0 Å². The first-order chi connectivity index (χ1) is 16.0. The van der Waals surface area contributed by atoms with Crippen LogP contribution in [0.15, 0.2) is 90.2 Å². The predicted molar refractivity (Wildman–Crippen MR) is 126 cm³/mol. The molecule has 1 aromatic heterocycles. The first-order valence-corrected chi connectivity index (χ1v) is 11.2. The highest BCUT2D eigenvalue weighted by Crippen LogP contribution is 2.31. The molecule has 0 saturated heterocycles. The molecular weight excluding hydrogens is 444 g/mol. The van der Waals surface area contributed by atoms with Gasteiger partial charge in [-0.1, -0.05) is 59.8 Å². The van der Waals surface area contributed by atoms with E-state index in [1.54, 1.807) is 18.3 Å². The van der Waals surface area contributed by atoms with E-state index in [0.717, 1.165) is 28.2 Å². The van der Waals surface area contributed by atoms with Gasteiger partial charge in [0.15, 0.2) is 5.16 Å². The second-order valence-corrected chi connectivity index (χ2v) is 8.15. The molecule has 0 bridgehead atoms. The van der Waals surface area contributed by atoms with Crippen LogP contribution in [0.4, 0.5) is 14.5 Å². The topological polar surface area (TPSA) is 56.2 Å². The Morgan fingerprint density at radius 2 is 1.73 bits per heavy atom. The number of halogens is 2. The summed E-state index contributed by atoms with van der Waals surface area (Å²) in [6.07, 6.45) is 1.74. The van der Waals surface area contributed by atoms with E-state index >= 15 is 0 Å². The molecule has 8 heteroatoms. The van der Waals surface area contributed by atoms with Gasteiger partial charge in [-0.2, -0.15) is 8.78 Å². The van der Waals surface area contributed by atoms with Gasteiger partial charge in [-0.05, 0) is 43.3 Å². The predicted octanol–water partition coefficient (Wildman–Crippen LogP) is 6.18. The summed E-state index contributed by atoms with van der Waals surface area (Å²) in [5.74, 6) is 0.0771. The van der Waals surface area contributed by atoms with Crippen LogP contribution in [-0.2, 0) is 4.79 Å². The lowest BCUT2D eigenvalue weighted by molar-refractivity contribution is -0.113. The number of hydrogen-bond acceptors (Lipinski definition) is 4. The van der Waals surface area contributed by atoms with Crippen LogP contribution in [0.3, 0.4) is 0 Å². The number of amides is 1. The lowest BCUT2D eigenvalue weighted by Crippen LogP contribution is -2.14. The van der Waals surface area contributed by atoms with E-state index in [1.807, 2.05) is 66.1 Å². The first-order valence-electron chi connectivity index (χ1n) is 10.2. The maximum absolute atomic E-state index is 12.5. The number of hydrogen-bond donors (Lipinski definition) is 1. The summed E-state index contributed by atoms with van der Waals surface area (Å²) in [5.41, 5.74) is 4.32. The summed E-state index contributed by atoms with van der Waals surface area (Å²) >= 11 is 1.29. The SMILES string of the molecule is Cc1ccc(NC(=O)CSc2ncc(-c3ccccc3)n2-c2ccc(OC(F)F)cc2)cc1. The number of imidazole rings is 1. The van der Waals surface area contributed by atoms with Gasteiger partial charge in [0.1, 0.15) is 5.75 Å². The number of nitrogens with zero attached hydrogens (tertiary/aromatic N) is 2. The minimum absolute atomic E-state index is 0.0711. The van der Waals surface area contributed by atoms with Gasteiger partial charge >= 0.3 is 6.61 Å². The Bertz CT molecular complexity index is 1210. The largest absolute Gasteiger partial charge is 0.435 e. The molecule has 0 aliphatic heterocycles. The summed E-state index contributed by atoms with van der Waals surface area (Å²) in [4.78, 5) is 17.0. The molecule has 1 heterocycles. The summed E-state index contributed by atoms with van der Waals surface area (Å²) < 4.78 is 31.4. The molecule has 0 saturated carbocycles. The maximum Gasteiger partial charge on any atom is 0.387 e. The van der Waals surface area contributed by atoms with Gasteiger partial charge in [-0.25, -0.2) is 4.98 Å². The second-order valence-electron chi connectivity index (χ2n) is 7.20. The van der Waals surface area contributed by atoms with Crippen LogP contribution in [0.25, 0.3) is 16.9 Å². The third-order valence-corrected chi connectivity index (χ3v) is 5.74. The molecule has 0 spiro atoms. The van der Waals surface area contributed by atoms with Crippen LogP contribution in [-0.4, -0.2) is 27.8 Å². The standard InChI is InChI=1S/C25H21F2N3O2S/c1-17-7-9-19(10-8-17)29-23(31)16-33-25-28-15-22(18-5-3-2-4-6-18)30(25)20-11-13-21(14-12-20)32-24(26)27/h2-15,24H,16H2,1H3,(H,29,31). The van der Waals surface area contributed by atoms with E-state index in [2.05, 4.69) is 15.0 Å². The lowest BCUT2D eigenvalue weighted by atomic mass is 10.1. The molecular formula is C25H21F2N3O2S. The Hall–Kier alpha value is -3.65. The highest BCUT2D eigenvalue weighted by Gasteiger charge is 2.16. The van der Waals surface area contributed by atoms with Crippen LogP contribution in [0.5, 0.6) is 5.75 Å². The Morgan fingerprint density at radius 1 is 1.03 bits per heavy atom. The smallest absolute Gasteiger partial charge is 0.387 e. The Kier molecular flexibility index (Phi) is 7.04. The number of aromatic nitrogens is 2. The molecule has 168 valence electrons. The molecule has 0 atom stereocenters. The molecule has 0 aliphatic carbocycles. The number of nitrogens with one attached hydrogen (secondary N) is 1. The zero-order valence-electron chi connectivity index (χ0n) is 17.7. The van der Waals surface area contributed by atoms with Gasteiger partial charge in [0.25, 0.3) is 0 Å². The summed E-state index contributed by atoms with van der Waals surface area (Å²) in [6, 6.07) is 23.6. The molecule has 0 unspecified atom stereocenters. The van der Waals surface area contributed by atoms with E-state index in [-0.39, 0.29) is 17.4 Å². The quantitative estimate of drug-likeness (QED) is 0.316. The number of benzene rings is 3. The summed E-state index contributed by atoms with van der Waals surface area (Å²) in [5, 5.41) is 3.49. The zero-order chi connectivity index (χ0) is 23.2. The summed E-state index contributed by atoms with van der Waals surface area (Å²) in [7, 11) is 0. The van der Waals surface area contributed by atoms with Gasteiger partial charge in [0.2, 0.25) is 5.91 Å². The Labute approximate surface area is 194 Å². The molecule has 5 nitrogen and oxygen atoms in total. The molecule has 4 aromatic rings. The average Bonchev–Trinajstić information content (AvgIpc) is 3.24. The number of aryl methyl sites for hydroxylation is 1. The number of thioether (sulfide) groups is 1. The molecule has 1 amide bonds. The molecule has 0 radical (unpaired) electrons.